The molecule has 220 valence electrons. The van der Waals surface area contributed by atoms with Crippen LogP contribution in [-0.4, -0.2) is 23.4 Å². The maximum absolute atomic E-state index is 6.94. The van der Waals surface area contributed by atoms with Gasteiger partial charge in [-0.1, -0.05) is 94.9 Å². The van der Waals surface area contributed by atoms with E-state index in [0.29, 0.717) is 11.8 Å². The second-order valence-electron chi connectivity index (χ2n) is 12.1. The summed E-state index contributed by atoms with van der Waals surface area (Å²) in [5, 5.41) is 0. The fourth-order valence-electron chi connectivity index (χ4n) is 2.32. The van der Waals surface area contributed by atoms with E-state index in [1.807, 2.05) is 41.5 Å². The van der Waals surface area contributed by atoms with Crippen LogP contribution in [0.5, 0.6) is 0 Å². The van der Waals surface area contributed by atoms with Crippen molar-refractivity contribution in [3.05, 3.63) is 57.1 Å². The molecule has 2 unspecified atom stereocenters. The summed E-state index contributed by atoms with van der Waals surface area (Å²) in [6, 6.07) is 0. The number of allylic oxidation sites excluding steroid dienone is 8. The van der Waals surface area contributed by atoms with Gasteiger partial charge in [-0.2, -0.15) is 22.3 Å². The molecule has 2 rings (SSSR count). The molecule has 2 N–H and O–H groups in total. The molecule has 0 radical (unpaired) electrons. The zero-order chi connectivity index (χ0) is 30.2. The molecule has 0 aliphatic heterocycles. The van der Waals surface area contributed by atoms with E-state index in [9.17, 15) is 0 Å². The van der Waals surface area contributed by atoms with Gasteiger partial charge < -0.3 is 36.3 Å². The van der Waals surface area contributed by atoms with E-state index < -0.39 is 0 Å². The Labute approximate surface area is 276 Å². The Balaban J connectivity index is -0.0000000832. The van der Waals surface area contributed by atoms with Crippen molar-refractivity contribution in [2.45, 2.75) is 134 Å². The van der Waals surface area contributed by atoms with Gasteiger partial charge in [0.25, 0.3) is 0 Å². The van der Waals surface area contributed by atoms with E-state index in [2.05, 4.69) is 132 Å². The van der Waals surface area contributed by atoms with Crippen LogP contribution in [0.2, 0.25) is 26.2 Å². The second-order valence-corrected chi connectivity index (χ2v) is 25.5. The third-order valence-electron chi connectivity index (χ3n) is 4.47. The van der Waals surface area contributed by atoms with Gasteiger partial charge in [-0.25, -0.2) is 11.1 Å². The van der Waals surface area contributed by atoms with Crippen LogP contribution in [0, 0.1) is 24.0 Å². The molecule has 8 heteroatoms. The SMILES string of the molecule is CC(C)(C)[NH-].CC(C)(C)[NH-].CC1=[C-]C(C)C(C)=C1C.CC1=[C-]C(C)C(C)=C1C.C[Si](C)=[Ti+2].C[Si](C)=[Ti+2].[Cl-].[Cl-]. The van der Waals surface area contributed by atoms with Crippen LogP contribution in [0.25, 0.3) is 11.5 Å². The predicted molar refractivity (Wildman–Crippen MR) is 163 cm³/mol. The molecular weight excluding hydrogens is 611 g/mol. The molecule has 2 nitrogen and oxygen atoms in total. The average molecular weight is 670 g/mol. The van der Waals surface area contributed by atoms with Crippen LogP contribution in [0.4, 0.5) is 0 Å². The molecule has 0 fully saturated rings. The van der Waals surface area contributed by atoms with Crippen LogP contribution in [-0.2, 0) is 38.3 Å². The fraction of sp³-hybridized carbons (Fsp3) is 0.733. The largest absolute Gasteiger partial charge is 1.00 e. The Kier molecular flexibility index (Phi) is 35.6. The van der Waals surface area contributed by atoms with Crippen molar-refractivity contribution >= 4 is 12.4 Å². The normalized spacial score (nSPS) is 17.5. The van der Waals surface area contributed by atoms with E-state index in [1.165, 1.54) is 33.4 Å². The van der Waals surface area contributed by atoms with Crippen molar-refractivity contribution < 1.29 is 63.2 Å². The predicted octanol–water partition coefficient (Wildman–Crippen LogP) is 4.69. The van der Waals surface area contributed by atoms with Crippen LogP contribution in [0.3, 0.4) is 0 Å². The van der Waals surface area contributed by atoms with Gasteiger partial charge in [-0.05, 0) is 0 Å². The van der Waals surface area contributed by atoms with Crippen LogP contribution in [0.15, 0.2) is 33.4 Å². The molecule has 0 aromatic carbocycles. The first kappa shape index (κ1) is 52.0. The molecule has 2 atom stereocenters. The van der Waals surface area contributed by atoms with Crippen molar-refractivity contribution in [1.29, 1.82) is 0 Å². The van der Waals surface area contributed by atoms with Gasteiger partial charge in [-0.3, -0.25) is 12.2 Å². The molecule has 2 aliphatic carbocycles. The topological polar surface area (TPSA) is 47.6 Å². The number of halogens is 2. The molecule has 0 aromatic heterocycles. The van der Waals surface area contributed by atoms with Gasteiger partial charge >= 0.3 is 76.9 Å². The summed E-state index contributed by atoms with van der Waals surface area (Å²) in [7, 11) is 0. The molecule has 0 saturated heterocycles. The monoisotopic (exact) mass is 668 g/mol. The maximum Gasteiger partial charge on any atom is -1.00 e. The fourth-order valence-corrected chi connectivity index (χ4v) is 2.32. The van der Waals surface area contributed by atoms with Crippen molar-refractivity contribution in [1.82, 2.24) is 0 Å². The third kappa shape index (κ3) is 44.3. The number of rotatable bonds is 0. The smallest absolute Gasteiger partial charge is 1.00 e. The molecule has 38 heavy (non-hydrogen) atoms. The minimum Gasteiger partial charge on any atom is -1.00 e. The number of hydrogen-bond donors (Lipinski definition) is 0. The Hall–Kier alpha value is 1.32. The molecule has 0 heterocycles. The zero-order valence-electron chi connectivity index (χ0n) is 27.9. The molecule has 2 aliphatic rings. The molecule has 0 spiro atoms. The van der Waals surface area contributed by atoms with Crippen LogP contribution < -0.4 is 24.8 Å². The Morgan fingerprint density at radius 2 is 0.711 bits per heavy atom. The Bertz CT molecular complexity index is 729. The van der Waals surface area contributed by atoms with E-state index in [4.69, 9.17) is 11.5 Å². The third-order valence-corrected chi connectivity index (χ3v) is 4.47. The first-order valence-corrected chi connectivity index (χ1v) is 22.5. The van der Waals surface area contributed by atoms with E-state index in [0.717, 1.165) is 0 Å². The number of nitrogens with one attached hydrogen (secondary N) is 2. The summed E-state index contributed by atoms with van der Waals surface area (Å²) in [5.41, 5.74) is 21.9. The van der Waals surface area contributed by atoms with E-state index in [1.54, 1.807) is 0 Å². The van der Waals surface area contributed by atoms with E-state index in [-0.39, 0.29) is 48.3 Å². The summed E-state index contributed by atoms with van der Waals surface area (Å²) >= 11 is 4.54. The van der Waals surface area contributed by atoms with Crippen molar-refractivity contribution in [2.75, 3.05) is 0 Å². The summed E-state index contributed by atoms with van der Waals surface area (Å²) in [5.74, 6) is 1.12. The van der Waals surface area contributed by atoms with Crippen molar-refractivity contribution in [2.24, 2.45) is 11.8 Å². The van der Waals surface area contributed by atoms with Gasteiger partial charge in [0, 0.05) is 0 Å². The zero-order valence-corrected chi connectivity index (χ0v) is 34.5. The first-order valence-electron chi connectivity index (χ1n) is 12.8. The minimum atomic E-state index is -0.250. The van der Waals surface area contributed by atoms with Crippen molar-refractivity contribution in [3.8, 4) is 0 Å². The Morgan fingerprint density at radius 3 is 0.737 bits per heavy atom. The molecule has 0 amide bonds. The summed E-state index contributed by atoms with van der Waals surface area (Å²) < 4.78 is 0. The maximum atomic E-state index is 6.94. The second kappa shape index (κ2) is 26.0. The van der Waals surface area contributed by atoms with Gasteiger partial charge in [0.15, 0.2) is 0 Å². The van der Waals surface area contributed by atoms with Crippen LogP contribution >= 0.6 is 0 Å². The quantitative estimate of drug-likeness (QED) is 0.266. The Morgan fingerprint density at radius 1 is 0.579 bits per heavy atom. The molecule has 0 aromatic rings. The minimum absolute atomic E-state index is 0. The van der Waals surface area contributed by atoms with Gasteiger partial charge in [0.05, 0.1) is 0 Å². The average Bonchev–Trinajstić information content (AvgIpc) is 2.95. The van der Waals surface area contributed by atoms with Crippen molar-refractivity contribution in [3.63, 3.8) is 0 Å². The molecule has 0 saturated carbocycles. The van der Waals surface area contributed by atoms with Gasteiger partial charge in [-0.15, -0.1) is 24.9 Å². The standard InChI is InChI=1S/2C9H13.2C4H10N.2C2H6Si.2ClH.2Ti/c2*1-6-5-7(2)9(4)8(6)3;2*1-4(2,3)5;2*1-3-2;;;;/h2*6H,1-4H3;2*5H,1-3H3;2*1-2H3;2*1H;;/q4*-1;;;;;2*+2/p-2. The first-order chi connectivity index (χ1) is 15.7. The molecular formula is C30H58Cl2N2Si2Ti2-2. The van der Waals surface area contributed by atoms with Gasteiger partial charge in [0.2, 0.25) is 0 Å². The summed E-state index contributed by atoms with van der Waals surface area (Å²) in [6.45, 7) is 37.5. The molecule has 0 bridgehead atoms. The van der Waals surface area contributed by atoms with E-state index >= 15 is 0 Å². The van der Waals surface area contributed by atoms with Gasteiger partial charge in [0.1, 0.15) is 0 Å². The van der Waals surface area contributed by atoms with Crippen LogP contribution in [0.1, 0.15) is 96.9 Å². The summed E-state index contributed by atoms with van der Waals surface area (Å²) in [6.07, 6.45) is 6.96. The summed E-state index contributed by atoms with van der Waals surface area (Å²) in [4.78, 5) is 0. The number of hydrogen-bond acceptors (Lipinski definition) is 0.